The van der Waals surface area contributed by atoms with Gasteiger partial charge in [0.05, 0.1) is 0 Å². The number of fused-ring (bicyclic) bond motifs is 3. The third kappa shape index (κ3) is 6.14. The molecule has 1 nitrogen and oxygen atoms in total. The molecule has 3 saturated heterocycles. The maximum Gasteiger partial charge on any atom is 0.0358 e. The molecule has 0 aliphatic carbocycles. The van der Waals surface area contributed by atoms with E-state index in [4.69, 9.17) is 0 Å². The third-order valence-electron chi connectivity index (χ3n) is 12.1. The lowest BCUT2D eigenvalue weighted by Crippen LogP contribution is -2.57. The van der Waals surface area contributed by atoms with Gasteiger partial charge in [-0.1, -0.05) is 160 Å². The molecule has 3 aliphatic heterocycles. The normalized spacial score (nSPS) is 20.6. The molecule has 0 radical (unpaired) electrons. The van der Waals surface area contributed by atoms with Crippen LogP contribution in [0.5, 0.6) is 0 Å². The average molecular weight is 652 g/mol. The molecule has 3 aliphatic rings. The molecule has 3 heterocycles. The SMILES string of the molecule is Cc1ccc(-c2cccc(-c3ccc(C4(c5ccc(-c6cccc(-c7ccc(C(C)C(C)C)cc7)c6)cc5)CN5CCC4CC5)cc3)c2)cc1. The Morgan fingerprint density at radius 3 is 1.28 bits per heavy atom. The van der Waals surface area contributed by atoms with Gasteiger partial charge in [0.2, 0.25) is 0 Å². The van der Waals surface area contributed by atoms with E-state index in [2.05, 4.69) is 178 Å². The largest absolute Gasteiger partial charge is 0.302 e. The monoisotopic (exact) mass is 651 g/mol. The van der Waals surface area contributed by atoms with E-state index in [9.17, 15) is 0 Å². The number of nitrogens with zero attached hydrogens (tertiary/aromatic N) is 1. The van der Waals surface area contributed by atoms with Crippen LogP contribution in [0.3, 0.4) is 0 Å². The van der Waals surface area contributed by atoms with Gasteiger partial charge in [-0.05, 0) is 124 Å². The first-order valence-electron chi connectivity index (χ1n) is 18.7. The molecule has 3 fully saturated rings. The van der Waals surface area contributed by atoms with Gasteiger partial charge in [0.15, 0.2) is 0 Å². The highest BCUT2D eigenvalue weighted by molar-refractivity contribution is 5.75. The Bertz CT molecular complexity index is 2060. The summed E-state index contributed by atoms with van der Waals surface area (Å²) in [6, 6.07) is 55.3. The van der Waals surface area contributed by atoms with Crippen molar-refractivity contribution in [2.75, 3.05) is 19.6 Å². The topological polar surface area (TPSA) is 3.24 Å². The van der Waals surface area contributed by atoms with Crippen molar-refractivity contribution in [1.82, 2.24) is 4.90 Å². The maximum absolute atomic E-state index is 2.70. The van der Waals surface area contributed by atoms with Crippen molar-refractivity contribution >= 4 is 0 Å². The molecule has 2 bridgehead atoms. The van der Waals surface area contributed by atoms with E-state index < -0.39 is 0 Å². The molecule has 0 N–H and O–H groups in total. The van der Waals surface area contributed by atoms with Crippen LogP contribution in [0.15, 0.2) is 146 Å². The third-order valence-corrected chi connectivity index (χ3v) is 12.1. The Labute approximate surface area is 299 Å². The van der Waals surface area contributed by atoms with E-state index in [1.165, 1.54) is 92.7 Å². The summed E-state index contributed by atoms with van der Waals surface area (Å²) in [5.74, 6) is 1.85. The van der Waals surface area contributed by atoms with Crippen molar-refractivity contribution in [3.8, 4) is 44.5 Å². The highest BCUT2D eigenvalue weighted by Gasteiger charge is 2.48. The lowest BCUT2D eigenvalue weighted by atomic mass is 9.59. The average Bonchev–Trinajstić information content (AvgIpc) is 3.18. The minimum atomic E-state index is 0.00796. The van der Waals surface area contributed by atoms with Gasteiger partial charge in [-0.2, -0.15) is 0 Å². The second-order valence-electron chi connectivity index (χ2n) is 15.4. The zero-order chi connectivity index (χ0) is 34.2. The fraction of sp³-hybridized carbons (Fsp3) is 0.265. The Kier molecular flexibility index (Phi) is 8.79. The maximum atomic E-state index is 2.70. The molecule has 0 amide bonds. The zero-order valence-corrected chi connectivity index (χ0v) is 30.1. The van der Waals surface area contributed by atoms with Crippen molar-refractivity contribution in [1.29, 1.82) is 0 Å². The van der Waals surface area contributed by atoms with Gasteiger partial charge >= 0.3 is 0 Å². The van der Waals surface area contributed by atoms with Gasteiger partial charge in [-0.3, -0.25) is 0 Å². The van der Waals surface area contributed by atoms with Gasteiger partial charge < -0.3 is 4.90 Å². The summed E-state index contributed by atoms with van der Waals surface area (Å²) in [5, 5.41) is 0. The van der Waals surface area contributed by atoms with Crippen LogP contribution in [0.2, 0.25) is 0 Å². The molecule has 0 aromatic heterocycles. The van der Waals surface area contributed by atoms with Crippen molar-refractivity contribution < 1.29 is 0 Å². The molecule has 250 valence electrons. The Hall–Kier alpha value is -4.72. The number of hydrogen-bond donors (Lipinski definition) is 0. The van der Waals surface area contributed by atoms with Crippen LogP contribution in [0.25, 0.3) is 44.5 Å². The molecular weight excluding hydrogens is 603 g/mol. The molecule has 50 heavy (non-hydrogen) atoms. The summed E-state index contributed by atoms with van der Waals surface area (Å²) in [6.45, 7) is 12.6. The van der Waals surface area contributed by atoms with Crippen LogP contribution in [-0.2, 0) is 5.41 Å². The van der Waals surface area contributed by atoms with Gasteiger partial charge in [0, 0.05) is 12.0 Å². The predicted octanol–water partition coefficient (Wildman–Crippen LogP) is 12.4. The first-order valence-corrected chi connectivity index (χ1v) is 18.7. The number of aryl methyl sites for hydroxylation is 1. The summed E-state index contributed by atoms with van der Waals surface area (Å²) in [5.41, 5.74) is 15.8. The number of rotatable bonds is 8. The van der Waals surface area contributed by atoms with Crippen molar-refractivity contribution in [2.24, 2.45) is 11.8 Å². The fourth-order valence-electron chi connectivity index (χ4n) is 8.67. The van der Waals surface area contributed by atoms with Crippen LogP contribution in [-0.4, -0.2) is 24.5 Å². The van der Waals surface area contributed by atoms with Gasteiger partial charge in [-0.25, -0.2) is 0 Å². The Balaban J connectivity index is 1.09. The van der Waals surface area contributed by atoms with Crippen LogP contribution < -0.4 is 0 Å². The molecule has 6 aromatic carbocycles. The van der Waals surface area contributed by atoms with Crippen LogP contribution in [0, 0.1) is 18.8 Å². The smallest absolute Gasteiger partial charge is 0.0358 e. The molecule has 2 unspecified atom stereocenters. The van der Waals surface area contributed by atoms with Crippen LogP contribution in [0.4, 0.5) is 0 Å². The fourth-order valence-corrected chi connectivity index (χ4v) is 8.67. The van der Waals surface area contributed by atoms with E-state index in [1.54, 1.807) is 0 Å². The highest BCUT2D eigenvalue weighted by Crippen LogP contribution is 2.49. The molecule has 9 rings (SSSR count). The quantitative estimate of drug-likeness (QED) is 0.158. The highest BCUT2D eigenvalue weighted by atomic mass is 15.2. The van der Waals surface area contributed by atoms with Crippen molar-refractivity contribution in [2.45, 2.75) is 51.9 Å². The molecule has 0 saturated carbocycles. The zero-order valence-electron chi connectivity index (χ0n) is 30.1. The summed E-state index contributed by atoms with van der Waals surface area (Å²) in [4.78, 5) is 2.70. The standard InChI is InChI=1S/C49H49N/c1-34(2)36(4)37-15-17-39(18-16-37)43-8-6-10-45(32-43)41-21-25-47(26-22-41)49(33-50-29-27-48(49)28-30-50)46-23-19-40(20-24-46)44-9-5-7-42(31-44)38-13-11-35(3)12-14-38/h5-26,31-32,34,36,48H,27-30,33H2,1-4H3. The lowest BCUT2D eigenvalue weighted by molar-refractivity contribution is 0.0451. The Morgan fingerprint density at radius 1 is 0.500 bits per heavy atom. The van der Waals surface area contributed by atoms with Crippen LogP contribution in [0.1, 0.15) is 61.8 Å². The van der Waals surface area contributed by atoms with E-state index in [0.717, 1.165) is 6.54 Å². The van der Waals surface area contributed by atoms with Gasteiger partial charge in [0.1, 0.15) is 0 Å². The number of piperidine rings is 3. The minimum Gasteiger partial charge on any atom is -0.302 e. The summed E-state index contributed by atoms with van der Waals surface area (Å²) in [6.07, 6.45) is 2.53. The summed E-state index contributed by atoms with van der Waals surface area (Å²) < 4.78 is 0. The van der Waals surface area contributed by atoms with Crippen molar-refractivity contribution in [3.63, 3.8) is 0 Å². The Morgan fingerprint density at radius 2 is 0.900 bits per heavy atom. The van der Waals surface area contributed by atoms with Crippen LogP contribution >= 0.6 is 0 Å². The van der Waals surface area contributed by atoms with E-state index >= 15 is 0 Å². The molecule has 6 aromatic rings. The van der Waals surface area contributed by atoms with Gasteiger partial charge in [0.25, 0.3) is 0 Å². The van der Waals surface area contributed by atoms with E-state index in [1.807, 2.05) is 0 Å². The summed E-state index contributed by atoms with van der Waals surface area (Å²) in [7, 11) is 0. The molecule has 1 heteroatoms. The molecular formula is C49H49N. The second-order valence-corrected chi connectivity index (χ2v) is 15.4. The predicted molar refractivity (Wildman–Crippen MR) is 213 cm³/mol. The number of hydrogen-bond acceptors (Lipinski definition) is 1. The first-order chi connectivity index (χ1) is 24.4. The number of benzene rings is 6. The van der Waals surface area contributed by atoms with Crippen molar-refractivity contribution in [3.05, 3.63) is 168 Å². The minimum absolute atomic E-state index is 0.00796. The molecule has 0 spiro atoms. The summed E-state index contributed by atoms with van der Waals surface area (Å²) >= 11 is 0. The molecule has 2 atom stereocenters. The second kappa shape index (κ2) is 13.5. The van der Waals surface area contributed by atoms with E-state index in [-0.39, 0.29) is 5.41 Å². The van der Waals surface area contributed by atoms with Gasteiger partial charge in [-0.15, -0.1) is 0 Å². The van der Waals surface area contributed by atoms with E-state index in [0.29, 0.717) is 17.8 Å². The first kappa shape index (κ1) is 32.5. The lowest BCUT2D eigenvalue weighted by Gasteiger charge is -2.54.